The number of benzene rings is 2. The summed E-state index contributed by atoms with van der Waals surface area (Å²) < 4.78 is 62.1. The van der Waals surface area contributed by atoms with Crippen molar-refractivity contribution in [1.82, 2.24) is 0 Å². The second kappa shape index (κ2) is 9.35. The summed E-state index contributed by atoms with van der Waals surface area (Å²) in [6.45, 7) is 3.07. The zero-order valence-electron chi connectivity index (χ0n) is 13.6. The Morgan fingerprint density at radius 2 is 1.69 bits per heavy atom. The van der Waals surface area contributed by atoms with E-state index in [0.29, 0.717) is 16.3 Å². The van der Waals surface area contributed by atoms with Gasteiger partial charge in [0.1, 0.15) is 0 Å². The summed E-state index contributed by atoms with van der Waals surface area (Å²) in [4.78, 5) is 5.14. The molecule has 0 fully saturated rings. The van der Waals surface area contributed by atoms with Crippen molar-refractivity contribution in [2.45, 2.75) is 20.0 Å². The maximum absolute atomic E-state index is 13.1. The van der Waals surface area contributed by atoms with Gasteiger partial charge in [-0.1, -0.05) is 34.5 Å². The normalized spacial score (nSPS) is 11.4. The summed E-state index contributed by atoms with van der Waals surface area (Å²) in [6.07, 6.45) is -4.45. The Morgan fingerprint density at radius 1 is 1.15 bits per heavy atom. The highest BCUT2D eigenvalue weighted by molar-refractivity contribution is 7.60. The minimum atomic E-state index is -4.45. The molecule has 0 bridgehead atoms. The minimum absolute atomic E-state index is 0.00735. The summed E-state index contributed by atoms with van der Waals surface area (Å²) in [5.74, 6) is 0.393. The van der Waals surface area contributed by atoms with Gasteiger partial charge >= 0.3 is 16.7 Å². The van der Waals surface area contributed by atoms with Gasteiger partial charge in [-0.25, -0.2) is 0 Å². The lowest BCUT2D eigenvalue weighted by Crippen LogP contribution is -2.13. The highest BCUT2D eigenvalue weighted by Crippen LogP contribution is 2.33. The van der Waals surface area contributed by atoms with Crippen molar-refractivity contribution in [3.05, 3.63) is 64.2 Å². The molecule has 0 unspecified atom stereocenters. The lowest BCUT2D eigenvalue weighted by atomic mass is 10.0. The number of nitrogens with one attached hydrogen (secondary N) is 1. The number of rotatable bonds is 3. The van der Waals surface area contributed by atoms with Crippen LogP contribution < -0.4 is 4.84 Å². The Kier molecular flexibility index (Phi) is 7.78. The summed E-state index contributed by atoms with van der Waals surface area (Å²) in [5, 5.41) is 4.30. The van der Waals surface area contributed by atoms with Crippen LogP contribution in [-0.4, -0.2) is 14.1 Å². The molecule has 0 radical (unpaired) electrons. The van der Waals surface area contributed by atoms with Crippen LogP contribution in [0, 0.1) is 11.7 Å². The molecule has 0 saturated carbocycles. The van der Waals surface area contributed by atoms with Crippen LogP contribution in [0.1, 0.15) is 23.6 Å². The Morgan fingerprint density at radius 3 is 2.19 bits per heavy atom. The number of hydrogen-bond acceptors (Lipinski definition) is 5. The average molecular weight is 407 g/mol. The van der Waals surface area contributed by atoms with Crippen LogP contribution in [0.15, 0.2) is 47.6 Å². The van der Waals surface area contributed by atoms with E-state index in [4.69, 9.17) is 29.6 Å². The van der Waals surface area contributed by atoms with E-state index in [1.165, 1.54) is 13.0 Å². The molecule has 1 N–H and O–H groups in total. The van der Waals surface area contributed by atoms with E-state index in [1.54, 1.807) is 37.3 Å². The fraction of sp³-hybridized carbons (Fsp3) is 0.188. The molecular formula is C16H14ClF3N2O3S. The predicted octanol–water partition coefficient (Wildman–Crippen LogP) is 5.10. The van der Waals surface area contributed by atoms with E-state index < -0.39 is 22.2 Å². The van der Waals surface area contributed by atoms with Gasteiger partial charge in [0.2, 0.25) is 0 Å². The lowest BCUT2D eigenvalue weighted by molar-refractivity contribution is -0.137. The molecule has 0 spiro atoms. The maximum atomic E-state index is 13.1. The zero-order chi connectivity index (χ0) is 19.9. The van der Waals surface area contributed by atoms with Gasteiger partial charge in [0.25, 0.3) is 0 Å². The summed E-state index contributed by atoms with van der Waals surface area (Å²) >= 11 is 5.74. The van der Waals surface area contributed by atoms with Crippen LogP contribution in [0.5, 0.6) is 5.75 Å². The molecule has 0 aromatic heterocycles. The van der Waals surface area contributed by atoms with E-state index in [9.17, 15) is 13.2 Å². The highest BCUT2D eigenvalue weighted by Gasteiger charge is 2.34. The molecule has 0 aliphatic rings. The van der Waals surface area contributed by atoms with Crippen LogP contribution in [0.4, 0.5) is 13.2 Å². The molecule has 0 aliphatic carbocycles. The van der Waals surface area contributed by atoms with Crippen LogP contribution in [0.25, 0.3) is 0 Å². The van der Waals surface area contributed by atoms with E-state index in [2.05, 4.69) is 5.16 Å². The van der Waals surface area contributed by atoms with Crippen molar-refractivity contribution in [2.75, 3.05) is 0 Å². The minimum Gasteiger partial charge on any atom is -0.357 e. The van der Waals surface area contributed by atoms with Gasteiger partial charge in [-0.15, -0.1) is 0 Å². The van der Waals surface area contributed by atoms with E-state index in [1.807, 2.05) is 0 Å². The highest BCUT2D eigenvalue weighted by atomic mass is 35.5. The first-order valence-electron chi connectivity index (χ1n) is 6.96. The second-order valence-electron chi connectivity index (χ2n) is 5.00. The maximum Gasteiger partial charge on any atom is 0.417 e. The third-order valence-corrected chi connectivity index (χ3v) is 3.22. The van der Waals surface area contributed by atoms with Crippen LogP contribution in [0.3, 0.4) is 0 Å². The van der Waals surface area contributed by atoms with Gasteiger partial charge in [0.05, 0.1) is 11.3 Å². The van der Waals surface area contributed by atoms with Gasteiger partial charge in [-0.3, -0.25) is 0 Å². The molecule has 140 valence electrons. The molecule has 10 heteroatoms. The quantitative estimate of drug-likeness (QED) is 0.569. The third kappa shape index (κ3) is 7.24. The van der Waals surface area contributed by atoms with Gasteiger partial charge in [-0.05, 0) is 44.2 Å². The molecule has 0 atom stereocenters. The molecule has 2 rings (SSSR count). The zero-order valence-corrected chi connectivity index (χ0v) is 15.2. The summed E-state index contributed by atoms with van der Waals surface area (Å²) in [6, 6.07) is 10.5. The number of oxime groups is 1. The monoisotopic (exact) mass is 406 g/mol. The Labute approximate surface area is 154 Å². The second-order valence-corrected chi connectivity index (χ2v) is 5.91. The third-order valence-electron chi connectivity index (χ3n) is 2.97. The van der Waals surface area contributed by atoms with Crippen molar-refractivity contribution in [3.63, 3.8) is 0 Å². The Hall–Kier alpha value is -2.39. The standard InChI is InChI=1S/C16H13ClF3NO.HNO2S/c1-10-3-8-14(15(9-10)16(18,19)20)11(2)21-22-13-6-4-12(17)5-7-13;1-4(2)3/h3-9H,1-2H3;1H/b21-11-;. The molecule has 0 saturated heterocycles. The molecular weight excluding hydrogens is 393 g/mol. The van der Waals surface area contributed by atoms with E-state index in [-0.39, 0.29) is 11.3 Å². The SMILES string of the molecule is C/C(=N/Oc1ccc(Cl)cc1)c1ccc(C)cc1C(F)(F)F.N=S(=O)=O. The molecule has 0 heterocycles. The lowest BCUT2D eigenvalue weighted by Gasteiger charge is -2.13. The topological polar surface area (TPSA) is 79.6 Å². The smallest absolute Gasteiger partial charge is 0.357 e. The molecule has 26 heavy (non-hydrogen) atoms. The van der Waals surface area contributed by atoms with Crippen LogP contribution in [0.2, 0.25) is 5.02 Å². The summed E-state index contributed by atoms with van der Waals surface area (Å²) in [7, 11) is -2.61. The Balaban J connectivity index is 0.000000765. The van der Waals surface area contributed by atoms with E-state index >= 15 is 0 Å². The number of aryl methyl sites for hydroxylation is 1. The fourth-order valence-corrected chi connectivity index (χ4v) is 2.00. The first-order chi connectivity index (χ1) is 12.0. The first kappa shape index (κ1) is 21.7. The van der Waals surface area contributed by atoms with Crippen molar-refractivity contribution in [2.24, 2.45) is 5.16 Å². The Bertz CT molecular complexity index is 890. The number of alkyl halides is 3. The summed E-state index contributed by atoms with van der Waals surface area (Å²) in [5.41, 5.74) is -0.0645. The number of hydrogen-bond donors (Lipinski definition) is 1. The molecule has 0 amide bonds. The van der Waals surface area contributed by atoms with Gasteiger partial charge in [0.15, 0.2) is 5.75 Å². The van der Waals surface area contributed by atoms with Crippen LogP contribution in [-0.2, 0) is 16.7 Å². The first-order valence-corrected chi connectivity index (χ1v) is 8.42. The molecule has 5 nitrogen and oxygen atoms in total. The molecule has 2 aromatic rings. The van der Waals surface area contributed by atoms with Crippen molar-refractivity contribution in [1.29, 1.82) is 4.78 Å². The average Bonchev–Trinajstić information content (AvgIpc) is 2.52. The van der Waals surface area contributed by atoms with Crippen LogP contribution >= 0.6 is 11.6 Å². The van der Waals surface area contributed by atoms with E-state index in [0.717, 1.165) is 6.07 Å². The van der Waals surface area contributed by atoms with Crippen molar-refractivity contribution < 1.29 is 26.4 Å². The predicted molar refractivity (Wildman–Crippen MR) is 92.1 cm³/mol. The van der Waals surface area contributed by atoms with Crippen molar-refractivity contribution >= 4 is 27.8 Å². The van der Waals surface area contributed by atoms with Gasteiger partial charge < -0.3 is 4.84 Å². The molecule has 2 aromatic carbocycles. The number of halogens is 4. The van der Waals surface area contributed by atoms with Crippen molar-refractivity contribution in [3.8, 4) is 5.75 Å². The van der Waals surface area contributed by atoms with Gasteiger partial charge in [-0.2, -0.15) is 26.4 Å². The number of nitrogens with zero attached hydrogens (tertiary/aromatic N) is 1. The molecule has 0 aliphatic heterocycles. The van der Waals surface area contributed by atoms with Gasteiger partial charge in [0, 0.05) is 10.6 Å². The largest absolute Gasteiger partial charge is 0.417 e. The fourth-order valence-electron chi connectivity index (χ4n) is 1.87.